The van der Waals surface area contributed by atoms with Gasteiger partial charge in [0.25, 0.3) is 0 Å². The van der Waals surface area contributed by atoms with Gasteiger partial charge >= 0.3 is 0 Å². The molecule has 144 valence electrons. The van der Waals surface area contributed by atoms with Gasteiger partial charge < -0.3 is 20.6 Å². The second-order valence-electron chi connectivity index (χ2n) is 8.30. The number of nitrogens with zero attached hydrogens (tertiary/aromatic N) is 5. The number of anilines is 2. The molecule has 4 atom stereocenters. The molecule has 3 fully saturated rings. The van der Waals surface area contributed by atoms with Gasteiger partial charge in [0, 0.05) is 57.1 Å². The van der Waals surface area contributed by atoms with Crippen molar-refractivity contribution in [3.63, 3.8) is 0 Å². The molecule has 0 spiro atoms. The highest BCUT2D eigenvalue weighted by molar-refractivity contribution is 5.50. The lowest BCUT2D eigenvalue weighted by Crippen LogP contribution is -2.55. The van der Waals surface area contributed by atoms with E-state index in [9.17, 15) is 5.11 Å². The van der Waals surface area contributed by atoms with Gasteiger partial charge in [-0.15, -0.1) is 0 Å². The summed E-state index contributed by atoms with van der Waals surface area (Å²) in [5, 5.41) is 10.8. The second kappa shape index (κ2) is 7.29. The van der Waals surface area contributed by atoms with Crippen LogP contribution in [-0.4, -0.2) is 83.3 Å². The molecule has 1 saturated carbocycles. The van der Waals surface area contributed by atoms with Crippen molar-refractivity contribution < 1.29 is 5.11 Å². The second-order valence-corrected chi connectivity index (χ2v) is 8.30. The van der Waals surface area contributed by atoms with E-state index in [1.807, 2.05) is 6.20 Å². The molecule has 4 rings (SSSR count). The summed E-state index contributed by atoms with van der Waals surface area (Å²) >= 11 is 0. The fourth-order valence-electron chi connectivity index (χ4n) is 5.06. The van der Waals surface area contributed by atoms with Crippen LogP contribution < -0.4 is 10.6 Å². The number of aliphatic hydroxyl groups excluding tert-OH is 1. The van der Waals surface area contributed by atoms with Crippen molar-refractivity contribution in [3.05, 3.63) is 11.8 Å². The predicted molar refractivity (Wildman–Crippen MR) is 103 cm³/mol. The molecule has 0 aromatic carbocycles. The largest absolute Gasteiger partial charge is 0.391 e. The molecule has 2 aliphatic heterocycles. The average molecular weight is 361 g/mol. The Hall–Kier alpha value is -1.44. The number of fused-ring (bicyclic) bond motifs is 1. The first kappa shape index (κ1) is 17.9. The summed E-state index contributed by atoms with van der Waals surface area (Å²) < 4.78 is 0. The summed E-state index contributed by atoms with van der Waals surface area (Å²) in [4.78, 5) is 16.0. The number of likely N-dealkylation sites (N-methyl/N-ethyl adjacent to an activating group) is 1. The maximum absolute atomic E-state index is 10.8. The van der Waals surface area contributed by atoms with Crippen LogP contribution in [0.2, 0.25) is 0 Å². The highest BCUT2D eigenvalue weighted by atomic mass is 16.3. The van der Waals surface area contributed by atoms with Gasteiger partial charge in [-0.05, 0) is 38.1 Å². The molecule has 0 unspecified atom stereocenters. The molecule has 1 aromatic heterocycles. The standard InChI is InChI=1S/C19H32N6O/c1-3-13-10-21-19(20)22-18(13)25-11-14-8-16(17(26)9-15(14)12-25)24-6-4-23(2)5-7-24/h10,14-17,26H,3-9,11-12H2,1-2H3,(H2,20,21,22)/t14-,15+,16-,17-/m1/s1. The zero-order valence-electron chi connectivity index (χ0n) is 16.0. The Morgan fingerprint density at radius 3 is 2.54 bits per heavy atom. The Morgan fingerprint density at radius 1 is 1.15 bits per heavy atom. The molecule has 3 heterocycles. The van der Waals surface area contributed by atoms with Crippen LogP contribution in [-0.2, 0) is 6.42 Å². The minimum atomic E-state index is -0.208. The van der Waals surface area contributed by atoms with Crippen molar-refractivity contribution in [1.82, 2.24) is 19.8 Å². The highest BCUT2D eigenvalue weighted by Crippen LogP contribution is 2.40. The van der Waals surface area contributed by atoms with E-state index in [0.717, 1.165) is 69.9 Å². The van der Waals surface area contributed by atoms with Gasteiger partial charge in [-0.3, -0.25) is 4.90 Å². The van der Waals surface area contributed by atoms with Gasteiger partial charge in [-0.25, -0.2) is 4.98 Å². The number of hydrogen-bond acceptors (Lipinski definition) is 7. The number of nitrogen functional groups attached to an aromatic ring is 1. The van der Waals surface area contributed by atoms with E-state index in [-0.39, 0.29) is 6.10 Å². The number of rotatable bonds is 3. The van der Waals surface area contributed by atoms with Gasteiger partial charge in [0.2, 0.25) is 5.95 Å². The molecule has 1 aliphatic carbocycles. The summed E-state index contributed by atoms with van der Waals surface area (Å²) in [6, 6.07) is 0.311. The van der Waals surface area contributed by atoms with Crippen molar-refractivity contribution in [2.45, 2.75) is 38.3 Å². The number of nitrogens with two attached hydrogens (primary N) is 1. The van der Waals surface area contributed by atoms with Gasteiger partial charge in [0.05, 0.1) is 6.10 Å². The first-order chi connectivity index (χ1) is 12.5. The normalized spacial score (nSPS) is 33.4. The number of hydrogen-bond donors (Lipinski definition) is 2. The van der Waals surface area contributed by atoms with E-state index in [1.54, 1.807) is 0 Å². The average Bonchev–Trinajstić information content (AvgIpc) is 3.04. The Kier molecular flexibility index (Phi) is 5.03. The monoisotopic (exact) mass is 360 g/mol. The van der Waals surface area contributed by atoms with Crippen molar-refractivity contribution in [3.8, 4) is 0 Å². The third-order valence-corrected chi connectivity index (χ3v) is 6.66. The smallest absolute Gasteiger partial charge is 0.221 e. The molecule has 7 heteroatoms. The molecule has 0 radical (unpaired) electrons. The first-order valence-electron chi connectivity index (χ1n) is 10.0. The van der Waals surface area contributed by atoms with Gasteiger partial charge in [0.15, 0.2) is 0 Å². The van der Waals surface area contributed by atoms with Crippen LogP contribution in [0.15, 0.2) is 6.20 Å². The molecule has 3 N–H and O–H groups in total. The fourth-order valence-corrected chi connectivity index (χ4v) is 5.06. The molecule has 2 saturated heterocycles. The van der Waals surface area contributed by atoms with Crippen LogP contribution in [0.4, 0.5) is 11.8 Å². The minimum Gasteiger partial charge on any atom is -0.391 e. The lowest BCUT2D eigenvalue weighted by atomic mass is 9.77. The van der Waals surface area contributed by atoms with Crippen LogP contribution in [0.1, 0.15) is 25.3 Å². The predicted octanol–water partition coefficient (Wildman–Crippen LogP) is 0.444. The van der Waals surface area contributed by atoms with E-state index in [4.69, 9.17) is 5.73 Å². The van der Waals surface area contributed by atoms with E-state index in [0.29, 0.717) is 23.8 Å². The van der Waals surface area contributed by atoms with Crippen LogP contribution in [0.5, 0.6) is 0 Å². The Morgan fingerprint density at radius 2 is 1.85 bits per heavy atom. The fraction of sp³-hybridized carbons (Fsp3) is 0.789. The van der Waals surface area contributed by atoms with Crippen LogP contribution in [0, 0.1) is 11.8 Å². The van der Waals surface area contributed by atoms with Gasteiger partial charge in [-0.1, -0.05) is 6.92 Å². The van der Waals surface area contributed by atoms with E-state index in [2.05, 4.69) is 38.6 Å². The third kappa shape index (κ3) is 3.40. The van der Waals surface area contributed by atoms with Gasteiger partial charge in [-0.2, -0.15) is 4.98 Å². The summed E-state index contributed by atoms with van der Waals surface area (Å²) in [6.45, 7) is 8.47. The van der Waals surface area contributed by atoms with Crippen LogP contribution in [0.25, 0.3) is 0 Å². The van der Waals surface area contributed by atoms with Crippen molar-refractivity contribution in [1.29, 1.82) is 0 Å². The van der Waals surface area contributed by atoms with E-state index in [1.165, 1.54) is 0 Å². The van der Waals surface area contributed by atoms with Crippen molar-refractivity contribution in [2.75, 3.05) is 56.9 Å². The lowest BCUT2D eigenvalue weighted by Gasteiger charge is -2.44. The highest BCUT2D eigenvalue weighted by Gasteiger charge is 2.44. The maximum atomic E-state index is 10.8. The van der Waals surface area contributed by atoms with Crippen LogP contribution >= 0.6 is 0 Å². The van der Waals surface area contributed by atoms with E-state index >= 15 is 0 Å². The molecule has 1 aromatic rings. The lowest BCUT2D eigenvalue weighted by molar-refractivity contribution is -0.0249. The molecule has 3 aliphatic rings. The Labute approximate surface area is 156 Å². The number of aliphatic hydroxyl groups is 1. The van der Waals surface area contributed by atoms with Crippen molar-refractivity contribution in [2.24, 2.45) is 11.8 Å². The topological polar surface area (TPSA) is 81.8 Å². The summed E-state index contributed by atoms with van der Waals surface area (Å²) in [7, 11) is 2.18. The maximum Gasteiger partial charge on any atom is 0.221 e. The quantitative estimate of drug-likeness (QED) is 0.810. The molecular weight excluding hydrogens is 328 g/mol. The Bertz CT molecular complexity index is 632. The van der Waals surface area contributed by atoms with E-state index < -0.39 is 0 Å². The SMILES string of the molecule is CCc1cnc(N)nc1N1C[C@H]2C[C@@H](N3CCN(C)CC3)[C@H](O)C[C@H]2C1. The number of piperazine rings is 1. The van der Waals surface area contributed by atoms with Gasteiger partial charge in [0.1, 0.15) is 5.82 Å². The first-order valence-corrected chi connectivity index (χ1v) is 10.0. The summed E-state index contributed by atoms with van der Waals surface area (Å²) in [6.07, 6.45) is 4.56. The third-order valence-electron chi connectivity index (χ3n) is 6.66. The van der Waals surface area contributed by atoms with Crippen molar-refractivity contribution >= 4 is 11.8 Å². The zero-order valence-corrected chi connectivity index (χ0v) is 16.0. The molecule has 26 heavy (non-hydrogen) atoms. The Balaban J connectivity index is 1.47. The minimum absolute atomic E-state index is 0.208. The molecular formula is C19H32N6O. The number of aromatic nitrogens is 2. The van der Waals surface area contributed by atoms with Crippen LogP contribution in [0.3, 0.4) is 0 Å². The summed E-state index contributed by atoms with van der Waals surface area (Å²) in [5.74, 6) is 2.53. The zero-order chi connectivity index (χ0) is 18.3. The summed E-state index contributed by atoms with van der Waals surface area (Å²) in [5.41, 5.74) is 7.01. The molecule has 0 amide bonds. The molecule has 0 bridgehead atoms. The molecule has 7 nitrogen and oxygen atoms in total. The number of aryl methyl sites for hydroxylation is 1.